The number of benzene rings is 1. The van der Waals surface area contributed by atoms with Crippen molar-refractivity contribution in [2.75, 3.05) is 18.8 Å². The fourth-order valence-electron chi connectivity index (χ4n) is 2.86. The average molecular weight is 297 g/mol. The number of hydrogen-bond acceptors (Lipinski definition) is 3. The minimum Gasteiger partial charge on any atom is -0.480 e. The van der Waals surface area contributed by atoms with E-state index in [1.807, 2.05) is 6.92 Å². The Hall–Kier alpha value is -1.07. The van der Waals surface area contributed by atoms with Crippen molar-refractivity contribution in [1.29, 1.82) is 0 Å². The molecule has 0 saturated carbocycles. The van der Waals surface area contributed by atoms with Gasteiger partial charge in [-0.3, -0.25) is 9.69 Å². The summed E-state index contributed by atoms with van der Waals surface area (Å²) in [5.74, 6) is -0.116. The zero-order chi connectivity index (χ0) is 14.6. The molecule has 3 nitrogen and oxygen atoms in total. The summed E-state index contributed by atoms with van der Waals surface area (Å²) >= 11 is 1.64. The van der Waals surface area contributed by atoms with Crippen molar-refractivity contribution in [2.24, 2.45) is 0 Å². The van der Waals surface area contributed by atoms with Crippen LogP contribution in [0.4, 0.5) is 4.39 Å². The molecule has 1 aliphatic heterocycles. The summed E-state index contributed by atoms with van der Waals surface area (Å²) in [6, 6.07) is 6.42. The summed E-state index contributed by atoms with van der Waals surface area (Å²) in [5.41, 5.74) is -0.677. The molecule has 1 atom stereocenters. The number of nitrogens with zero attached hydrogens (tertiary/aromatic N) is 1. The molecule has 1 saturated heterocycles. The minimum atomic E-state index is -0.704. The van der Waals surface area contributed by atoms with E-state index in [-0.39, 0.29) is 5.82 Å². The summed E-state index contributed by atoms with van der Waals surface area (Å²) in [4.78, 5) is 14.7. The number of carbonyl (C=O) groups is 1. The average Bonchev–Trinajstić information content (AvgIpc) is 2.85. The lowest BCUT2D eigenvalue weighted by molar-refractivity contribution is -0.149. The van der Waals surface area contributed by atoms with E-state index < -0.39 is 11.5 Å². The number of aliphatic carboxylic acids is 1. The lowest BCUT2D eigenvalue weighted by atomic mass is 9.93. The molecule has 1 fully saturated rings. The molecule has 2 rings (SSSR count). The maximum absolute atomic E-state index is 12.8. The van der Waals surface area contributed by atoms with Gasteiger partial charge < -0.3 is 5.11 Å². The molecule has 0 amide bonds. The SMILES string of the molecule is CCC1(C(=O)O)CCCN1CCSc1ccc(F)cc1. The highest BCUT2D eigenvalue weighted by molar-refractivity contribution is 7.99. The van der Waals surface area contributed by atoms with Crippen molar-refractivity contribution in [1.82, 2.24) is 4.90 Å². The monoisotopic (exact) mass is 297 g/mol. The number of hydrogen-bond donors (Lipinski definition) is 1. The standard InChI is InChI=1S/C15H20FNO2S/c1-2-15(14(18)19)8-3-9-17(15)10-11-20-13-6-4-12(16)5-7-13/h4-7H,2-3,8-11H2,1H3,(H,18,19). The first kappa shape index (κ1) is 15.3. The van der Waals surface area contributed by atoms with Crippen molar-refractivity contribution >= 4 is 17.7 Å². The number of halogens is 1. The molecule has 1 aliphatic rings. The summed E-state index contributed by atoms with van der Waals surface area (Å²) < 4.78 is 12.8. The van der Waals surface area contributed by atoms with E-state index in [0.29, 0.717) is 6.42 Å². The largest absolute Gasteiger partial charge is 0.480 e. The molecule has 1 N–H and O–H groups in total. The van der Waals surface area contributed by atoms with Crippen LogP contribution in [-0.4, -0.2) is 40.4 Å². The van der Waals surface area contributed by atoms with Crippen molar-refractivity contribution in [2.45, 2.75) is 36.6 Å². The molecule has 1 heterocycles. The molecule has 0 bridgehead atoms. The first-order chi connectivity index (χ1) is 9.58. The Morgan fingerprint density at radius 3 is 2.75 bits per heavy atom. The van der Waals surface area contributed by atoms with E-state index in [1.54, 1.807) is 23.9 Å². The van der Waals surface area contributed by atoms with Crippen molar-refractivity contribution < 1.29 is 14.3 Å². The fraction of sp³-hybridized carbons (Fsp3) is 0.533. The molecule has 5 heteroatoms. The normalized spacial score (nSPS) is 23.1. The number of thioether (sulfide) groups is 1. The van der Waals surface area contributed by atoms with Gasteiger partial charge in [0.15, 0.2) is 0 Å². The van der Waals surface area contributed by atoms with Crippen LogP contribution in [0.1, 0.15) is 26.2 Å². The predicted octanol–water partition coefficient (Wildman–Crippen LogP) is 3.25. The first-order valence-corrected chi connectivity index (χ1v) is 7.94. The second kappa shape index (κ2) is 6.59. The molecule has 1 aromatic carbocycles. The second-order valence-corrected chi connectivity index (χ2v) is 6.25. The third kappa shape index (κ3) is 3.15. The highest BCUT2D eigenvalue weighted by Gasteiger charge is 2.45. The van der Waals surface area contributed by atoms with Gasteiger partial charge in [-0.25, -0.2) is 4.39 Å². The molecule has 110 valence electrons. The summed E-state index contributed by atoms with van der Waals surface area (Å²) in [6.07, 6.45) is 2.32. The highest BCUT2D eigenvalue weighted by atomic mass is 32.2. The molecule has 0 spiro atoms. The van der Waals surface area contributed by atoms with E-state index in [9.17, 15) is 14.3 Å². The highest BCUT2D eigenvalue weighted by Crippen LogP contribution is 2.33. The van der Waals surface area contributed by atoms with Gasteiger partial charge in [0, 0.05) is 17.2 Å². The van der Waals surface area contributed by atoms with Crippen LogP contribution >= 0.6 is 11.8 Å². The van der Waals surface area contributed by atoms with Gasteiger partial charge >= 0.3 is 5.97 Å². The lowest BCUT2D eigenvalue weighted by Gasteiger charge is -2.33. The van der Waals surface area contributed by atoms with E-state index in [2.05, 4.69) is 4.90 Å². The van der Waals surface area contributed by atoms with Gasteiger partial charge in [0.25, 0.3) is 0 Å². The summed E-state index contributed by atoms with van der Waals surface area (Å²) in [5, 5.41) is 9.49. The van der Waals surface area contributed by atoms with Gasteiger partial charge in [-0.2, -0.15) is 0 Å². The fourth-order valence-corrected chi connectivity index (χ4v) is 3.73. The van der Waals surface area contributed by atoms with Crippen LogP contribution in [0.15, 0.2) is 29.2 Å². The molecule has 1 aromatic rings. The third-order valence-corrected chi connectivity index (χ3v) is 5.04. The quantitative estimate of drug-likeness (QED) is 0.818. The van der Waals surface area contributed by atoms with Gasteiger partial charge in [-0.15, -0.1) is 11.8 Å². The Morgan fingerprint density at radius 2 is 2.15 bits per heavy atom. The molecule has 0 aliphatic carbocycles. The van der Waals surface area contributed by atoms with Gasteiger partial charge in [0.2, 0.25) is 0 Å². The Bertz CT molecular complexity index is 465. The number of likely N-dealkylation sites (tertiary alicyclic amines) is 1. The smallest absolute Gasteiger partial charge is 0.324 e. The van der Waals surface area contributed by atoms with E-state index in [4.69, 9.17) is 0 Å². The summed E-state index contributed by atoms with van der Waals surface area (Å²) in [6.45, 7) is 3.55. The maximum Gasteiger partial charge on any atom is 0.324 e. The number of carboxylic acid groups (broad SMARTS) is 1. The number of rotatable bonds is 6. The Kier molecular flexibility index (Phi) is 5.05. The van der Waals surface area contributed by atoms with Crippen LogP contribution in [0.2, 0.25) is 0 Å². The van der Waals surface area contributed by atoms with E-state index in [1.165, 1.54) is 12.1 Å². The van der Waals surface area contributed by atoms with Gasteiger partial charge in [0.1, 0.15) is 11.4 Å². The maximum atomic E-state index is 12.8. The van der Waals surface area contributed by atoms with Crippen molar-refractivity contribution in [3.05, 3.63) is 30.1 Å². The molecular formula is C15H20FNO2S. The van der Waals surface area contributed by atoms with Crippen LogP contribution in [0.3, 0.4) is 0 Å². The molecule has 1 unspecified atom stereocenters. The topological polar surface area (TPSA) is 40.5 Å². The Labute approximate surface area is 123 Å². The first-order valence-electron chi connectivity index (χ1n) is 6.95. The zero-order valence-corrected chi connectivity index (χ0v) is 12.5. The molecule has 20 heavy (non-hydrogen) atoms. The van der Waals surface area contributed by atoms with Gasteiger partial charge in [0.05, 0.1) is 0 Å². The Balaban J connectivity index is 1.90. The second-order valence-electron chi connectivity index (χ2n) is 5.08. The van der Waals surface area contributed by atoms with Crippen LogP contribution in [0.25, 0.3) is 0 Å². The minimum absolute atomic E-state index is 0.232. The lowest BCUT2D eigenvalue weighted by Crippen LogP contribution is -2.50. The molecule has 0 aromatic heterocycles. The summed E-state index contributed by atoms with van der Waals surface area (Å²) in [7, 11) is 0. The van der Waals surface area contributed by atoms with Gasteiger partial charge in [-0.05, 0) is 50.1 Å². The van der Waals surface area contributed by atoms with Crippen molar-refractivity contribution in [3.8, 4) is 0 Å². The zero-order valence-electron chi connectivity index (χ0n) is 11.6. The van der Waals surface area contributed by atoms with E-state index in [0.717, 1.165) is 36.6 Å². The van der Waals surface area contributed by atoms with Crippen LogP contribution < -0.4 is 0 Å². The van der Waals surface area contributed by atoms with Crippen molar-refractivity contribution in [3.63, 3.8) is 0 Å². The Morgan fingerprint density at radius 1 is 1.45 bits per heavy atom. The van der Waals surface area contributed by atoms with Crippen LogP contribution in [0.5, 0.6) is 0 Å². The van der Waals surface area contributed by atoms with Gasteiger partial charge in [-0.1, -0.05) is 6.92 Å². The van der Waals surface area contributed by atoms with Crippen LogP contribution in [0, 0.1) is 5.82 Å². The molecule has 0 radical (unpaired) electrons. The number of carboxylic acids is 1. The van der Waals surface area contributed by atoms with E-state index >= 15 is 0 Å². The van der Waals surface area contributed by atoms with Crippen LogP contribution in [-0.2, 0) is 4.79 Å². The third-order valence-electron chi connectivity index (χ3n) is 4.05. The molecular weight excluding hydrogens is 277 g/mol. The predicted molar refractivity (Wildman–Crippen MR) is 78.6 cm³/mol.